The molecule has 2 atom stereocenters. The van der Waals surface area contributed by atoms with Gasteiger partial charge in [-0.05, 0) is 38.3 Å². The normalized spacial score (nSPS) is 29.2. The Morgan fingerprint density at radius 2 is 2.48 bits per heavy atom. The summed E-state index contributed by atoms with van der Waals surface area (Å²) in [7, 11) is 0. The monoisotopic (exact) mass is 293 g/mol. The maximum atomic E-state index is 12.5. The van der Waals surface area contributed by atoms with Gasteiger partial charge in [-0.15, -0.1) is 0 Å². The lowest BCUT2D eigenvalue weighted by Gasteiger charge is -2.50. The van der Waals surface area contributed by atoms with Gasteiger partial charge in [-0.1, -0.05) is 0 Å². The molecule has 2 saturated heterocycles. The highest BCUT2D eigenvalue weighted by molar-refractivity contribution is 5.91. The molecule has 3 rings (SSSR count). The summed E-state index contributed by atoms with van der Waals surface area (Å²) in [6.07, 6.45) is 4.71. The second-order valence-electron chi connectivity index (χ2n) is 5.96. The van der Waals surface area contributed by atoms with Crippen LogP contribution in [0.1, 0.15) is 36.7 Å². The number of amides is 1. The quantitative estimate of drug-likeness (QED) is 0.855. The van der Waals surface area contributed by atoms with Gasteiger partial charge in [-0.25, -0.2) is 0 Å². The molecule has 2 aliphatic rings. The summed E-state index contributed by atoms with van der Waals surface area (Å²) in [4.78, 5) is 14.4. The van der Waals surface area contributed by atoms with Gasteiger partial charge in [0.2, 0.25) is 0 Å². The smallest absolute Gasteiger partial charge is 0.289 e. The Balaban J connectivity index is 1.76. The van der Waals surface area contributed by atoms with Crippen LogP contribution in [0.3, 0.4) is 0 Å². The molecular weight excluding hydrogens is 270 g/mol. The Morgan fingerprint density at radius 3 is 3.24 bits per heavy atom. The molecular formula is C16H23NO4. The number of hydrogen-bond donors (Lipinski definition) is 0. The van der Waals surface area contributed by atoms with Gasteiger partial charge in [-0.2, -0.15) is 0 Å². The van der Waals surface area contributed by atoms with Crippen LogP contribution < -0.4 is 0 Å². The van der Waals surface area contributed by atoms with E-state index in [0.717, 1.165) is 32.4 Å². The lowest BCUT2D eigenvalue weighted by atomic mass is 9.73. The minimum Gasteiger partial charge on any atom is -0.459 e. The van der Waals surface area contributed by atoms with Crippen molar-refractivity contribution in [3.63, 3.8) is 0 Å². The van der Waals surface area contributed by atoms with E-state index in [1.807, 2.05) is 11.8 Å². The summed E-state index contributed by atoms with van der Waals surface area (Å²) in [5, 5.41) is 0. The summed E-state index contributed by atoms with van der Waals surface area (Å²) in [5.41, 5.74) is -0.0608. The van der Waals surface area contributed by atoms with Crippen LogP contribution in [0.25, 0.3) is 0 Å². The highest BCUT2D eigenvalue weighted by Crippen LogP contribution is 2.40. The summed E-state index contributed by atoms with van der Waals surface area (Å²) in [6.45, 7) is 5.60. The van der Waals surface area contributed by atoms with E-state index in [1.54, 1.807) is 18.4 Å². The Bertz CT molecular complexity index is 473. The van der Waals surface area contributed by atoms with Crippen LogP contribution in [0.5, 0.6) is 0 Å². The van der Waals surface area contributed by atoms with Gasteiger partial charge < -0.3 is 18.8 Å². The molecule has 1 amide bonds. The van der Waals surface area contributed by atoms with E-state index >= 15 is 0 Å². The van der Waals surface area contributed by atoms with Crippen molar-refractivity contribution >= 4 is 5.91 Å². The number of piperidine rings is 1. The third-order valence-electron chi connectivity index (χ3n) is 4.60. The maximum absolute atomic E-state index is 12.5. The molecule has 0 aliphatic carbocycles. The fraction of sp³-hybridized carbons (Fsp3) is 0.688. The number of ether oxygens (including phenoxy) is 2. The van der Waals surface area contributed by atoms with Crippen LogP contribution in [0.15, 0.2) is 22.8 Å². The molecule has 0 bridgehead atoms. The molecule has 0 aromatic carbocycles. The molecule has 21 heavy (non-hydrogen) atoms. The number of hydrogen-bond acceptors (Lipinski definition) is 4. The SMILES string of the molecule is CCOCC12CCCOC1CCN(C(=O)c1ccco1)C2. The van der Waals surface area contributed by atoms with Crippen LogP contribution in [-0.4, -0.2) is 49.8 Å². The molecule has 0 N–H and O–H groups in total. The van der Waals surface area contributed by atoms with E-state index in [-0.39, 0.29) is 17.4 Å². The van der Waals surface area contributed by atoms with Crippen LogP contribution in [0.4, 0.5) is 0 Å². The van der Waals surface area contributed by atoms with Crippen LogP contribution in [-0.2, 0) is 9.47 Å². The van der Waals surface area contributed by atoms with Crippen LogP contribution >= 0.6 is 0 Å². The van der Waals surface area contributed by atoms with E-state index in [1.165, 1.54) is 0 Å². The lowest BCUT2D eigenvalue weighted by molar-refractivity contribution is -0.146. The predicted molar refractivity (Wildman–Crippen MR) is 77.1 cm³/mol. The van der Waals surface area contributed by atoms with Gasteiger partial charge in [0.05, 0.1) is 19.0 Å². The summed E-state index contributed by atoms with van der Waals surface area (Å²) >= 11 is 0. The largest absolute Gasteiger partial charge is 0.459 e. The zero-order valence-corrected chi connectivity index (χ0v) is 12.5. The lowest BCUT2D eigenvalue weighted by Crippen LogP contribution is -2.58. The first-order valence-electron chi connectivity index (χ1n) is 7.77. The van der Waals surface area contributed by atoms with E-state index in [9.17, 15) is 4.79 Å². The van der Waals surface area contributed by atoms with E-state index in [0.29, 0.717) is 25.5 Å². The number of carbonyl (C=O) groups is 1. The highest BCUT2D eigenvalue weighted by atomic mass is 16.5. The van der Waals surface area contributed by atoms with Gasteiger partial charge in [0, 0.05) is 31.7 Å². The molecule has 5 heteroatoms. The summed E-state index contributed by atoms with van der Waals surface area (Å²) in [5.74, 6) is 0.386. The van der Waals surface area contributed by atoms with Gasteiger partial charge >= 0.3 is 0 Å². The third-order valence-corrected chi connectivity index (χ3v) is 4.60. The van der Waals surface area contributed by atoms with Crippen molar-refractivity contribution in [2.45, 2.75) is 32.3 Å². The topological polar surface area (TPSA) is 51.9 Å². The minimum absolute atomic E-state index is 0.0279. The fourth-order valence-corrected chi connectivity index (χ4v) is 3.54. The van der Waals surface area contributed by atoms with Crippen molar-refractivity contribution in [1.29, 1.82) is 0 Å². The number of rotatable bonds is 4. The van der Waals surface area contributed by atoms with Crippen molar-refractivity contribution in [1.82, 2.24) is 4.90 Å². The maximum Gasteiger partial charge on any atom is 0.289 e. The predicted octanol–water partition coefficient (Wildman–Crippen LogP) is 2.33. The van der Waals surface area contributed by atoms with E-state index < -0.39 is 0 Å². The Morgan fingerprint density at radius 1 is 1.57 bits per heavy atom. The number of furan rings is 1. The number of likely N-dealkylation sites (tertiary alicyclic amines) is 1. The zero-order valence-electron chi connectivity index (χ0n) is 12.5. The fourth-order valence-electron chi connectivity index (χ4n) is 3.54. The van der Waals surface area contributed by atoms with Crippen molar-refractivity contribution in [3.05, 3.63) is 24.2 Å². The van der Waals surface area contributed by atoms with Gasteiger partial charge in [-0.3, -0.25) is 4.79 Å². The molecule has 5 nitrogen and oxygen atoms in total. The molecule has 0 radical (unpaired) electrons. The van der Waals surface area contributed by atoms with Gasteiger partial charge in [0.1, 0.15) is 0 Å². The molecule has 2 fully saturated rings. The second-order valence-corrected chi connectivity index (χ2v) is 5.96. The van der Waals surface area contributed by atoms with Gasteiger partial charge in [0.25, 0.3) is 5.91 Å². The average molecular weight is 293 g/mol. The van der Waals surface area contributed by atoms with E-state index in [2.05, 4.69) is 0 Å². The second kappa shape index (κ2) is 6.20. The molecule has 2 unspecified atom stereocenters. The molecule has 1 aromatic heterocycles. The number of nitrogens with zero attached hydrogens (tertiary/aromatic N) is 1. The first-order valence-corrected chi connectivity index (χ1v) is 7.77. The van der Waals surface area contributed by atoms with Crippen molar-refractivity contribution < 1.29 is 18.7 Å². The minimum atomic E-state index is -0.0608. The van der Waals surface area contributed by atoms with Crippen LogP contribution in [0, 0.1) is 5.41 Å². The Hall–Kier alpha value is -1.33. The van der Waals surface area contributed by atoms with Crippen molar-refractivity contribution in [2.24, 2.45) is 5.41 Å². The van der Waals surface area contributed by atoms with Gasteiger partial charge in [0.15, 0.2) is 5.76 Å². The summed E-state index contributed by atoms with van der Waals surface area (Å²) in [6, 6.07) is 3.47. The number of carbonyl (C=O) groups excluding carboxylic acids is 1. The molecule has 116 valence electrons. The average Bonchev–Trinajstić information content (AvgIpc) is 3.06. The zero-order chi connectivity index (χ0) is 14.7. The van der Waals surface area contributed by atoms with Crippen molar-refractivity contribution in [3.8, 4) is 0 Å². The third kappa shape index (κ3) is 2.85. The first kappa shape index (κ1) is 14.6. The molecule has 1 aromatic rings. The summed E-state index contributed by atoms with van der Waals surface area (Å²) < 4.78 is 16.9. The standard InChI is InChI=1S/C16H23NO4/c1-2-19-12-16-7-4-10-21-14(16)6-8-17(11-16)15(18)13-5-3-9-20-13/h3,5,9,14H,2,4,6-8,10-12H2,1H3. The molecule has 3 heterocycles. The molecule has 0 saturated carbocycles. The number of fused-ring (bicyclic) bond motifs is 1. The van der Waals surface area contributed by atoms with Crippen LogP contribution in [0.2, 0.25) is 0 Å². The first-order chi connectivity index (χ1) is 10.2. The molecule has 2 aliphatic heterocycles. The Kier molecular flexibility index (Phi) is 4.31. The van der Waals surface area contributed by atoms with E-state index in [4.69, 9.17) is 13.9 Å². The molecule has 0 spiro atoms. The highest BCUT2D eigenvalue weighted by Gasteiger charge is 2.47. The Labute approximate surface area is 125 Å². The van der Waals surface area contributed by atoms with Crippen molar-refractivity contribution in [2.75, 3.05) is 32.9 Å².